The van der Waals surface area contributed by atoms with Crippen LogP contribution in [0.3, 0.4) is 0 Å². The van der Waals surface area contributed by atoms with Gasteiger partial charge in [0.2, 0.25) is 0 Å². The molecule has 0 fully saturated rings. The highest BCUT2D eigenvalue weighted by atomic mass is 79.9. The second-order valence-electron chi connectivity index (χ2n) is 3.38. The van der Waals surface area contributed by atoms with Crippen molar-refractivity contribution in [3.05, 3.63) is 33.3 Å². The molecule has 0 saturated heterocycles. The predicted octanol–water partition coefficient (Wildman–Crippen LogP) is 3.51. The van der Waals surface area contributed by atoms with Gasteiger partial charge in [0.15, 0.2) is 0 Å². The minimum atomic E-state index is -0.327. The second kappa shape index (κ2) is 4.25. The SMILES string of the molecule is CCC(O)c1cc(C)c(Br)cc1C. The third-order valence-corrected chi connectivity index (χ3v) is 3.15. The molecule has 72 valence electrons. The number of halogens is 1. The van der Waals surface area contributed by atoms with Crippen molar-refractivity contribution < 1.29 is 5.11 Å². The first-order valence-corrected chi connectivity index (χ1v) is 5.30. The summed E-state index contributed by atoms with van der Waals surface area (Å²) >= 11 is 3.47. The molecule has 1 rings (SSSR count). The lowest BCUT2D eigenvalue weighted by Gasteiger charge is -2.13. The predicted molar refractivity (Wildman–Crippen MR) is 58.9 cm³/mol. The summed E-state index contributed by atoms with van der Waals surface area (Å²) in [4.78, 5) is 0. The minimum Gasteiger partial charge on any atom is -0.388 e. The van der Waals surface area contributed by atoms with E-state index < -0.39 is 0 Å². The summed E-state index contributed by atoms with van der Waals surface area (Å²) in [7, 11) is 0. The Hall–Kier alpha value is -0.340. The Labute approximate surface area is 87.9 Å². The van der Waals surface area contributed by atoms with Gasteiger partial charge in [0, 0.05) is 4.47 Å². The van der Waals surface area contributed by atoms with Crippen LogP contribution < -0.4 is 0 Å². The molecule has 1 unspecified atom stereocenters. The van der Waals surface area contributed by atoms with E-state index in [1.54, 1.807) is 0 Å². The summed E-state index contributed by atoms with van der Waals surface area (Å²) in [6.45, 7) is 6.05. The van der Waals surface area contributed by atoms with E-state index >= 15 is 0 Å². The molecule has 0 spiro atoms. The lowest BCUT2D eigenvalue weighted by Crippen LogP contribution is -1.99. The standard InChI is InChI=1S/C11H15BrO/c1-4-11(13)9-5-8(3)10(12)6-7(9)2/h5-6,11,13H,4H2,1-3H3. The first kappa shape index (κ1) is 10.7. The topological polar surface area (TPSA) is 20.2 Å². The molecule has 13 heavy (non-hydrogen) atoms. The number of hydrogen-bond acceptors (Lipinski definition) is 1. The Bertz CT molecular complexity index is 307. The maximum absolute atomic E-state index is 9.71. The smallest absolute Gasteiger partial charge is 0.0790 e. The van der Waals surface area contributed by atoms with Crippen LogP contribution in [-0.4, -0.2) is 5.11 Å². The van der Waals surface area contributed by atoms with E-state index in [1.165, 1.54) is 5.56 Å². The van der Waals surface area contributed by atoms with E-state index in [9.17, 15) is 5.11 Å². The van der Waals surface area contributed by atoms with Crippen molar-refractivity contribution in [3.63, 3.8) is 0 Å². The fourth-order valence-electron chi connectivity index (χ4n) is 1.38. The van der Waals surface area contributed by atoms with E-state index in [0.29, 0.717) is 0 Å². The van der Waals surface area contributed by atoms with E-state index in [1.807, 2.05) is 26.8 Å². The van der Waals surface area contributed by atoms with E-state index in [2.05, 4.69) is 22.0 Å². The summed E-state index contributed by atoms with van der Waals surface area (Å²) in [6.07, 6.45) is 0.439. The van der Waals surface area contributed by atoms with Crippen molar-refractivity contribution in [1.82, 2.24) is 0 Å². The van der Waals surface area contributed by atoms with Gasteiger partial charge in [-0.15, -0.1) is 0 Å². The first-order valence-electron chi connectivity index (χ1n) is 4.51. The quantitative estimate of drug-likeness (QED) is 0.842. The molecular formula is C11H15BrO. The summed E-state index contributed by atoms with van der Waals surface area (Å²) in [5.41, 5.74) is 3.36. The highest BCUT2D eigenvalue weighted by Gasteiger charge is 2.09. The van der Waals surface area contributed by atoms with Crippen LogP contribution in [-0.2, 0) is 0 Å². The Morgan fingerprint density at radius 3 is 2.46 bits per heavy atom. The molecule has 0 aromatic heterocycles. The molecule has 0 heterocycles. The highest BCUT2D eigenvalue weighted by molar-refractivity contribution is 9.10. The minimum absolute atomic E-state index is 0.327. The van der Waals surface area contributed by atoms with Crippen molar-refractivity contribution in [2.24, 2.45) is 0 Å². The molecule has 2 heteroatoms. The fraction of sp³-hybridized carbons (Fsp3) is 0.455. The van der Waals surface area contributed by atoms with Crippen LogP contribution in [0.25, 0.3) is 0 Å². The normalized spacial score (nSPS) is 13.0. The number of aliphatic hydroxyl groups excluding tert-OH is 1. The Morgan fingerprint density at radius 2 is 1.92 bits per heavy atom. The second-order valence-corrected chi connectivity index (χ2v) is 4.24. The number of rotatable bonds is 2. The molecule has 1 N–H and O–H groups in total. The molecule has 1 aromatic carbocycles. The van der Waals surface area contributed by atoms with Gasteiger partial charge in [-0.2, -0.15) is 0 Å². The van der Waals surface area contributed by atoms with Crippen molar-refractivity contribution in [3.8, 4) is 0 Å². The van der Waals surface area contributed by atoms with Crippen molar-refractivity contribution in [2.75, 3.05) is 0 Å². The molecule has 1 aromatic rings. The van der Waals surface area contributed by atoms with Crippen LogP contribution in [0.15, 0.2) is 16.6 Å². The number of benzene rings is 1. The van der Waals surface area contributed by atoms with Crippen LogP contribution in [0, 0.1) is 13.8 Å². The average Bonchev–Trinajstić information content (AvgIpc) is 2.10. The van der Waals surface area contributed by atoms with Gasteiger partial charge in [0.25, 0.3) is 0 Å². The number of aliphatic hydroxyl groups is 1. The molecule has 0 amide bonds. The number of aryl methyl sites for hydroxylation is 2. The van der Waals surface area contributed by atoms with Gasteiger partial charge < -0.3 is 5.11 Å². The molecule has 0 saturated carbocycles. The lowest BCUT2D eigenvalue weighted by molar-refractivity contribution is 0.173. The maximum Gasteiger partial charge on any atom is 0.0790 e. The van der Waals surface area contributed by atoms with Gasteiger partial charge in [-0.3, -0.25) is 0 Å². The first-order chi connectivity index (χ1) is 6.06. The van der Waals surface area contributed by atoms with Crippen molar-refractivity contribution in [1.29, 1.82) is 0 Å². The molecule has 0 radical (unpaired) electrons. The number of hydrogen-bond donors (Lipinski definition) is 1. The molecule has 0 aliphatic carbocycles. The summed E-state index contributed by atoms with van der Waals surface area (Å²) < 4.78 is 1.11. The molecule has 1 atom stereocenters. The Balaban J connectivity index is 3.15. The van der Waals surface area contributed by atoms with Gasteiger partial charge in [0.1, 0.15) is 0 Å². The third kappa shape index (κ3) is 2.32. The molecule has 0 aliphatic rings. The van der Waals surface area contributed by atoms with Crippen LogP contribution in [0.5, 0.6) is 0 Å². The van der Waals surface area contributed by atoms with Gasteiger partial charge in [-0.25, -0.2) is 0 Å². The highest BCUT2D eigenvalue weighted by Crippen LogP contribution is 2.26. The summed E-state index contributed by atoms with van der Waals surface area (Å²) in [5.74, 6) is 0. The van der Waals surface area contributed by atoms with Gasteiger partial charge in [-0.05, 0) is 43.0 Å². The Morgan fingerprint density at radius 1 is 1.31 bits per heavy atom. The zero-order valence-electron chi connectivity index (χ0n) is 8.26. The van der Waals surface area contributed by atoms with E-state index in [4.69, 9.17) is 0 Å². The van der Waals surface area contributed by atoms with E-state index in [-0.39, 0.29) is 6.10 Å². The Kier molecular flexibility index (Phi) is 3.51. The molecule has 1 nitrogen and oxygen atoms in total. The average molecular weight is 243 g/mol. The van der Waals surface area contributed by atoms with Crippen LogP contribution in [0.1, 0.15) is 36.1 Å². The largest absolute Gasteiger partial charge is 0.388 e. The fourth-order valence-corrected chi connectivity index (χ4v) is 1.84. The van der Waals surface area contributed by atoms with Gasteiger partial charge in [-0.1, -0.05) is 28.9 Å². The third-order valence-electron chi connectivity index (χ3n) is 2.29. The van der Waals surface area contributed by atoms with Gasteiger partial charge in [0.05, 0.1) is 6.10 Å². The van der Waals surface area contributed by atoms with E-state index in [0.717, 1.165) is 22.0 Å². The van der Waals surface area contributed by atoms with Crippen molar-refractivity contribution in [2.45, 2.75) is 33.3 Å². The van der Waals surface area contributed by atoms with Crippen LogP contribution >= 0.6 is 15.9 Å². The monoisotopic (exact) mass is 242 g/mol. The molecular weight excluding hydrogens is 228 g/mol. The maximum atomic E-state index is 9.71. The zero-order chi connectivity index (χ0) is 10.0. The summed E-state index contributed by atoms with van der Waals surface area (Å²) in [6, 6.07) is 4.11. The van der Waals surface area contributed by atoms with Gasteiger partial charge >= 0.3 is 0 Å². The molecule has 0 bridgehead atoms. The van der Waals surface area contributed by atoms with Crippen molar-refractivity contribution >= 4 is 15.9 Å². The lowest BCUT2D eigenvalue weighted by atomic mass is 9.99. The van der Waals surface area contributed by atoms with Crippen LogP contribution in [0.2, 0.25) is 0 Å². The zero-order valence-corrected chi connectivity index (χ0v) is 9.85. The summed E-state index contributed by atoms with van der Waals surface area (Å²) in [5, 5.41) is 9.71. The van der Waals surface area contributed by atoms with Crippen LogP contribution in [0.4, 0.5) is 0 Å². The molecule has 0 aliphatic heterocycles.